The Kier molecular flexibility index (Phi) is 9.66. The molecule has 1 N–H and O–H groups in total. The molecule has 5 heteroatoms. The minimum Gasteiger partial charge on any atom is -0.494 e. The smallest absolute Gasteiger partial charge is 0.256 e. The molecule has 0 spiro atoms. The highest BCUT2D eigenvalue weighted by molar-refractivity contribution is 5.97. The third kappa shape index (κ3) is 8.19. The summed E-state index contributed by atoms with van der Waals surface area (Å²) < 4.78 is 11.6. The quantitative estimate of drug-likeness (QED) is 0.565. The number of nitrogens with one attached hydrogen (secondary N) is 1. The number of carbonyl (C=O) groups is 1. The third-order valence-corrected chi connectivity index (χ3v) is 4.03. The van der Waals surface area contributed by atoms with E-state index in [2.05, 4.69) is 38.2 Å². The van der Waals surface area contributed by atoms with Crippen LogP contribution in [0.25, 0.3) is 0 Å². The van der Waals surface area contributed by atoms with Crippen LogP contribution in [0.5, 0.6) is 5.75 Å². The van der Waals surface area contributed by atoms with Gasteiger partial charge in [0, 0.05) is 18.8 Å². The standard InChI is InChI=1S/C21H36N2O3/c1-7-14-26-21(4,16-17(2)3)20(24)22-18-9-11-19(12-10-18)25-15-8-13-23(5)6/h9-12,17H,7-8,13-16H2,1-6H3,(H,22,24)/t21-/m0/s1. The predicted molar refractivity (Wildman–Crippen MR) is 108 cm³/mol. The average Bonchev–Trinajstić information content (AvgIpc) is 2.57. The van der Waals surface area contributed by atoms with Gasteiger partial charge < -0.3 is 19.7 Å². The van der Waals surface area contributed by atoms with Crippen LogP contribution in [0, 0.1) is 5.92 Å². The van der Waals surface area contributed by atoms with Crippen molar-refractivity contribution in [1.82, 2.24) is 4.90 Å². The minimum atomic E-state index is -0.814. The van der Waals surface area contributed by atoms with Crippen molar-refractivity contribution in [2.45, 2.75) is 52.6 Å². The van der Waals surface area contributed by atoms with Crippen LogP contribution in [0.2, 0.25) is 0 Å². The monoisotopic (exact) mass is 364 g/mol. The zero-order valence-corrected chi connectivity index (χ0v) is 17.3. The second-order valence-electron chi connectivity index (χ2n) is 7.66. The van der Waals surface area contributed by atoms with Crippen LogP contribution in [-0.2, 0) is 9.53 Å². The summed E-state index contributed by atoms with van der Waals surface area (Å²) >= 11 is 0. The first-order valence-electron chi connectivity index (χ1n) is 9.60. The number of carbonyl (C=O) groups excluding carboxylic acids is 1. The SMILES string of the molecule is CCCO[C@@](C)(CC(C)C)C(=O)Nc1ccc(OCCCN(C)C)cc1. The van der Waals surface area contributed by atoms with E-state index in [-0.39, 0.29) is 5.91 Å². The van der Waals surface area contributed by atoms with Crippen molar-refractivity contribution in [1.29, 1.82) is 0 Å². The van der Waals surface area contributed by atoms with Gasteiger partial charge >= 0.3 is 0 Å². The van der Waals surface area contributed by atoms with Crippen molar-refractivity contribution in [2.75, 3.05) is 39.2 Å². The van der Waals surface area contributed by atoms with E-state index >= 15 is 0 Å². The number of rotatable bonds is 12. The molecule has 0 fully saturated rings. The molecule has 1 amide bonds. The largest absolute Gasteiger partial charge is 0.494 e. The number of nitrogens with zero attached hydrogens (tertiary/aromatic N) is 1. The Hall–Kier alpha value is -1.59. The highest BCUT2D eigenvalue weighted by Gasteiger charge is 2.34. The van der Waals surface area contributed by atoms with Crippen LogP contribution < -0.4 is 10.1 Å². The van der Waals surface area contributed by atoms with Crippen LogP contribution in [0.3, 0.4) is 0 Å². The molecule has 0 aromatic heterocycles. The summed E-state index contributed by atoms with van der Waals surface area (Å²) in [5, 5.41) is 2.98. The Morgan fingerprint density at radius 1 is 1.19 bits per heavy atom. The van der Waals surface area contributed by atoms with Gasteiger partial charge in [0.2, 0.25) is 0 Å². The fraction of sp³-hybridized carbons (Fsp3) is 0.667. The molecule has 0 heterocycles. The van der Waals surface area contributed by atoms with Crippen LogP contribution >= 0.6 is 0 Å². The molecule has 148 valence electrons. The number of hydrogen-bond donors (Lipinski definition) is 1. The lowest BCUT2D eigenvalue weighted by molar-refractivity contribution is -0.141. The Morgan fingerprint density at radius 2 is 1.85 bits per heavy atom. The molecule has 0 aliphatic rings. The van der Waals surface area contributed by atoms with Gasteiger partial charge in [-0.05, 0) is 70.5 Å². The summed E-state index contributed by atoms with van der Waals surface area (Å²) in [6.07, 6.45) is 2.56. The molecule has 0 saturated carbocycles. The lowest BCUT2D eigenvalue weighted by Crippen LogP contribution is -2.44. The molecule has 0 unspecified atom stereocenters. The molecule has 26 heavy (non-hydrogen) atoms. The van der Waals surface area contributed by atoms with Crippen molar-refractivity contribution in [2.24, 2.45) is 5.92 Å². The zero-order valence-electron chi connectivity index (χ0n) is 17.3. The number of anilines is 1. The normalized spacial score (nSPS) is 13.7. The van der Waals surface area contributed by atoms with Crippen molar-refractivity contribution < 1.29 is 14.3 Å². The number of benzene rings is 1. The summed E-state index contributed by atoms with van der Waals surface area (Å²) in [5.74, 6) is 1.09. The molecule has 1 atom stereocenters. The van der Waals surface area contributed by atoms with Gasteiger partial charge in [0.1, 0.15) is 11.4 Å². The van der Waals surface area contributed by atoms with E-state index in [1.54, 1.807) is 0 Å². The number of hydrogen-bond acceptors (Lipinski definition) is 4. The second kappa shape index (κ2) is 11.2. The first kappa shape index (κ1) is 22.5. The Morgan fingerprint density at radius 3 is 2.38 bits per heavy atom. The van der Waals surface area contributed by atoms with Gasteiger partial charge in [0.15, 0.2) is 0 Å². The second-order valence-corrected chi connectivity index (χ2v) is 7.66. The Bertz CT molecular complexity index is 529. The number of amides is 1. The fourth-order valence-corrected chi connectivity index (χ4v) is 2.79. The zero-order chi connectivity index (χ0) is 19.6. The first-order valence-corrected chi connectivity index (χ1v) is 9.60. The van der Waals surface area contributed by atoms with E-state index < -0.39 is 5.60 Å². The van der Waals surface area contributed by atoms with Crippen molar-refractivity contribution in [3.05, 3.63) is 24.3 Å². The third-order valence-electron chi connectivity index (χ3n) is 4.03. The summed E-state index contributed by atoms with van der Waals surface area (Å²) in [6.45, 7) is 10.4. The molecular weight excluding hydrogens is 328 g/mol. The molecule has 1 rings (SSSR count). The molecule has 0 saturated heterocycles. The lowest BCUT2D eigenvalue weighted by Gasteiger charge is -2.30. The summed E-state index contributed by atoms with van der Waals surface area (Å²) in [7, 11) is 4.10. The van der Waals surface area contributed by atoms with Crippen LogP contribution in [0.1, 0.15) is 47.0 Å². The van der Waals surface area contributed by atoms with Crippen LogP contribution in [0.4, 0.5) is 5.69 Å². The lowest BCUT2D eigenvalue weighted by atomic mass is 9.93. The van der Waals surface area contributed by atoms with Gasteiger partial charge in [-0.3, -0.25) is 4.79 Å². The summed E-state index contributed by atoms with van der Waals surface area (Å²) in [5.41, 5.74) is -0.0587. The molecule has 0 aliphatic carbocycles. The van der Waals surface area contributed by atoms with E-state index in [1.165, 1.54) is 0 Å². The van der Waals surface area contributed by atoms with E-state index in [4.69, 9.17) is 9.47 Å². The molecule has 0 aliphatic heterocycles. The number of ether oxygens (including phenoxy) is 2. The minimum absolute atomic E-state index is 0.0979. The molecular formula is C21H36N2O3. The van der Waals surface area contributed by atoms with Crippen molar-refractivity contribution in [3.8, 4) is 5.75 Å². The molecule has 1 aromatic rings. The Balaban J connectivity index is 2.61. The topological polar surface area (TPSA) is 50.8 Å². The van der Waals surface area contributed by atoms with Crippen molar-refractivity contribution in [3.63, 3.8) is 0 Å². The maximum atomic E-state index is 12.8. The van der Waals surface area contributed by atoms with E-state index in [0.717, 1.165) is 30.8 Å². The summed E-state index contributed by atoms with van der Waals surface area (Å²) in [4.78, 5) is 14.9. The van der Waals surface area contributed by atoms with Crippen LogP contribution in [0.15, 0.2) is 24.3 Å². The van der Waals surface area contributed by atoms with E-state index in [0.29, 0.717) is 25.6 Å². The van der Waals surface area contributed by atoms with E-state index in [9.17, 15) is 4.79 Å². The molecule has 0 radical (unpaired) electrons. The van der Waals surface area contributed by atoms with E-state index in [1.807, 2.05) is 38.1 Å². The fourth-order valence-electron chi connectivity index (χ4n) is 2.79. The first-order chi connectivity index (χ1) is 12.3. The van der Waals surface area contributed by atoms with Gasteiger partial charge in [0.25, 0.3) is 5.91 Å². The predicted octanol–water partition coefficient (Wildman–Crippen LogP) is 4.19. The van der Waals surface area contributed by atoms with Gasteiger partial charge in [-0.2, -0.15) is 0 Å². The Labute approximate surface area is 159 Å². The average molecular weight is 365 g/mol. The molecule has 0 bridgehead atoms. The van der Waals surface area contributed by atoms with Crippen LogP contribution in [-0.4, -0.2) is 50.3 Å². The maximum Gasteiger partial charge on any atom is 0.256 e. The van der Waals surface area contributed by atoms with Crippen molar-refractivity contribution >= 4 is 11.6 Å². The highest BCUT2D eigenvalue weighted by atomic mass is 16.5. The van der Waals surface area contributed by atoms with Gasteiger partial charge in [0.05, 0.1) is 6.61 Å². The van der Waals surface area contributed by atoms with Gasteiger partial charge in [-0.25, -0.2) is 0 Å². The molecule has 5 nitrogen and oxygen atoms in total. The van der Waals surface area contributed by atoms with Gasteiger partial charge in [-0.1, -0.05) is 20.8 Å². The maximum absolute atomic E-state index is 12.8. The van der Waals surface area contributed by atoms with Gasteiger partial charge in [-0.15, -0.1) is 0 Å². The highest BCUT2D eigenvalue weighted by Crippen LogP contribution is 2.24. The summed E-state index contributed by atoms with van der Waals surface area (Å²) in [6, 6.07) is 7.51. The molecule has 1 aromatic carbocycles.